The van der Waals surface area contributed by atoms with Crippen molar-refractivity contribution < 1.29 is 23.1 Å². The number of aliphatic carboxylic acids is 1. The Bertz CT molecular complexity index is 726. The average Bonchev–Trinajstić information content (AvgIpc) is 2.99. The summed E-state index contributed by atoms with van der Waals surface area (Å²) in [5, 5.41) is 12.2. The van der Waals surface area contributed by atoms with Gasteiger partial charge in [-0.25, -0.2) is 8.42 Å². The predicted molar refractivity (Wildman–Crippen MR) is 87.5 cm³/mol. The first-order valence-corrected chi connectivity index (χ1v) is 9.41. The number of carboxylic acid groups (broad SMARTS) is 1. The van der Waals surface area contributed by atoms with Crippen molar-refractivity contribution in [1.82, 2.24) is 9.62 Å². The van der Waals surface area contributed by atoms with Crippen LogP contribution in [0.2, 0.25) is 0 Å². The molecule has 1 spiro atoms. The van der Waals surface area contributed by atoms with Crippen LogP contribution in [0.3, 0.4) is 0 Å². The first-order chi connectivity index (χ1) is 11.4. The fraction of sp³-hybridized carbons (Fsp3) is 0.562. The third-order valence-electron chi connectivity index (χ3n) is 5.12. The third-order valence-corrected chi connectivity index (χ3v) is 7.02. The number of methoxy groups -OCH3 is 1. The molecule has 0 saturated carbocycles. The van der Waals surface area contributed by atoms with Crippen LogP contribution in [0.15, 0.2) is 29.2 Å². The van der Waals surface area contributed by atoms with Gasteiger partial charge >= 0.3 is 5.97 Å². The summed E-state index contributed by atoms with van der Waals surface area (Å²) in [6.07, 6.45) is 1.91. The van der Waals surface area contributed by atoms with Gasteiger partial charge in [0.15, 0.2) is 0 Å². The summed E-state index contributed by atoms with van der Waals surface area (Å²) in [5.74, 6) is -0.327. The minimum absolute atomic E-state index is 0.108. The molecule has 2 N–H and O–H groups in total. The fourth-order valence-electron chi connectivity index (χ4n) is 3.58. The van der Waals surface area contributed by atoms with E-state index in [4.69, 9.17) is 9.84 Å². The van der Waals surface area contributed by atoms with E-state index in [2.05, 4.69) is 5.32 Å². The Morgan fingerprint density at radius 2 is 2.08 bits per heavy atom. The van der Waals surface area contributed by atoms with Crippen LogP contribution in [0.1, 0.15) is 19.3 Å². The number of nitrogens with one attached hydrogen (secondary N) is 1. The van der Waals surface area contributed by atoms with Gasteiger partial charge in [0.1, 0.15) is 11.8 Å². The monoisotopic (exact) mass is 354 g/mol. The SMILES string of the molecule is COc1cccc(S(=O)(=O)N2CCC3(CC2)CN[C@@H](C(=O)O)C3)c1. The van der Waals surface area contributed by atoms with Crippen LogP contribution in [-0.2, 0) is 14.8 Å². The van der Waals surface area contributed by atoms with Crippen LogP contribution in [-0.4, -0.2) is 56.6 Å². The maximum Gasteiger partial charge on any atom is 0.320 e. The molecule has 1 aromatic rings. The van der Waals surface area contributed by atoms with Gasteiger partial charge in [-0.2, -0.15) is 4.31 Å². The highest BCUT2D eigenvalue weighted by molar-refractivity contribution is 7.89. The van der Waals surface area contributed by atoms with Gasteiger partial charge in [0.05, 0.1) is 12.0 Å². The smallest absolute Gasteiger partial charge is 0.320 e. The van der Waals surface area contributed by atoms with Crippen molar-refractivity contribution in [2.45, 2.75) is 30.2 Å². The molecule has 2 aliphatic heterocycles. The number of nitrogens with zero attached hydrogens (tertiary/aromatic N) is 1. The summed E-state index contributed by atoms with van der Waals surface area (Å²) in [6, 6.07) is 5.94. The Morgan fingerprint density at radius 3 is 2.67 bits per heavy atom. The van der Waals surface area contributed by atoms with E-state index in [1.54, 1.807) is 18.2 Å². The van der Waals surface area contributed by atoms with Gasteiger partial charge in [0.2, 0.25) is 10.0 Å². The standard InChI is InChI=1S/C16H22N2O5S/c1-23-12-3-2-4-13(9-12)24(21,22)18-7-5-16(6-8-18)10-14(15(19)20)17-11-16/h2-4,9,14,17H,5-8,10-11H2,1H3,(H,19,20)/t14-/m1/s1. The molecule has 24 heavy (non-hydrogen) atoms. The molecule has 1 atom stereocenters. The lowest BCUT2D eigenvalue weighted by atomic mass is 9.77. The van der Waals surface area contributed by atoms with E-state index in [0.29, 0.717) is 44.6 Å². The number of sulfonamides is 1. The molecule has 0 aliphatic carbocycles. The number of carbonyl (C=O) groups is 1. The third kappa shape index (κ3) is 3.13. The van der Waals surface area contributed by atoms with Crippen LogP contribution in [0.5, 0.6) is 5.75 Å². The maximum atomic E-state index is 12.8. The zero-order chi connectivity index (χ0) is 17.4. The normalized spacial score (nSPS) is 24.1. The summed E-state index contributed by atoms with van der Waals surface area (Å²) in [5.41, 5.74) is -0.108. The van der Waals surface area contributed by atoms with Gasteiger partial charge in [-0.3, -0.25) is 4.79 Å². The number of hydrogen-bond acceptors (Lipinski definition) is 5. The zero-order valence-electron chi connectivity index (χ0n) is 13.6. The molecule has 132 valence electrons. The van der Waals surface area contributed by atoms with Gasteiger partial charge in [0, 0.05) is 25.7 Å². The largest absolute Gasteiger partial charge is 0.497 e. The van der Waals surface area contributed by atoms with Gasteiger partial charge in [-0.05, 0) is 36.8 Å². The van der Waals surface area contributed by atoms with Crippen molar-refractivity contribution in [3.8, 4) is 5.75 Å². The van der Waals surface area contributed by atoms with Crippen molar-refractivity contribution in [3.05, 3.63) is 24.3 Å². The van der Waals surface area contributed by atoms with Crippen molar-refractivity contribution in [3.63, 3.8) is 0 Å². The lowest BCUT2D eigenvalue weighted by Crippen LogP contribution is -2.43. The van der Waals surface area contributed by atoms with Crippen molar-refractivity contribution in [1.29, 1.82) is 0 Å². The van der Waals surface area contributed by atoms with Crippen LogP contribution >= 0.6 is 0 Å². The summed E-state index contributed by atoms with van der Waals surface area (Å²) in [6.45, 7) is 1.46. The van der Waals surface area contributed by atoms with Gasteiger partial charge in [0.25, 0.3) is 0 Å². The number of rotatable bonds is 4. The Hall–Kier alpha value is -1.64. The van der Waals surface area contributed by atoms with Crippen LogP contribution in [0.25, 0.3) is 0 Å². The second-order valence-electron chi connectivity index (χ2n) is 6.56. The van der Waals surface area contributed by atoms with Gasteiger partial charge < -0.3 is 15.2 Å². The molecule has 8 heteroatoms. The molecule has 7 nitrogen and oxygen atoms in total. The van der Waals surface area contributed by atoms with Gasteiger partial charge in [-0.15, -0.1) is 0 Å². The van der Waals surface area contributed by atoms with E-state index >= 15 is 0 Å². The topological polar surface area (TPSA) is 95.9 Å². The highest BCUT2D eigenvalue weighted by Gasteiger charge is 2.45. The highest BCUT2D eigenvalue weighted by Crippen LogP contribution is 2.40. The number of hydrogen-bond donors (Lipinski definition) is 2. The Morgan fingerprint density at radius 1 is 1.38 bits per heavy atom. The molecule has 3 rings (SSSR count). The molecular weight excluding hydrogens is 332 g/mol. The molecule has 2 saturated heterocycles. The average molecular weight is 354 g/mol. The molecule has 0 aromatic heterocycles. The first kappa shape index (κ1) is 17.2. The fourth-order valence-corrected chi connectivity index (χ4v) is 5.06. The van der Waals surface area contributed by atoms with Gasteiger partial charge in [-0.1, -0.05) is 6.07 Å². The van der Waals surface area contributed by atoms with E-state index in [9.17, 15) is 13.2 Å². The summed E-state index contributed by atoms with van der Waals surface area (Å²) in [4.78, 5) is 11.3. The molecule has 2 fully saturated rings. The molecule has 1 aromatic carbocycles. The number of benzene rings is 1. The van der Waals surface area contributed by atoms with Crippen molar-refractivity contribution in [2.75, 3.05) is 26.7 Å². The first-order valence-electron chi connectivity index (χ1n) is 7.97. The number of carboxylic acids is 1. The second-order valence-corrected chi connectivity index (χ2v) is 8.50. The summed E-state index contributed by atoms with van der Waals surface area (Å²) < 4.78 is 32.2. The molecule has 0 amide bonds. The minimum atomic E-state index is -3.55. The quantitative estimate of drug-likeness (QED) is 0.834. The molecule has 0 bridgehead atoms. The molecule has 2 aliphatic rings. The molecular formula is C16H22N2O5S. The van der Waals surface area contributed by atoms with Crippen LogP contribution in [0.4, 0.5) is 0 Å². The zero-order valence-corrected chi connectivity index (χ0v) is 14.4. The summed E-state index contributed by atoms with van der Waals surface area (Å²) >= 11 is 0. The Kier molecular flexibility index (Phi) is 4.54. The van der Waals surface area contributed by atoms with Crippen molar-refractivity contribution in [2.24, 2.45) is 5.41 Å². The van der Waals surface area contributed by atoms with Crippen LogP contribution < -0.4 is 10.1 Å². The molecule has 0 radical (unpaired) electrons. The lowest BCUT2D eigenvalue weighted by Gasteiger charge is -2.38. The van der Waals surface area contributed by atoms with E-state index in [1.165, 1.54) is 17.5 Å². The summed E-state index contributed by atoms with van der Waals surface area (Å²) in [7, 11) is -2.05. The number of ether oxygens (including phenoxy) is 1. The van der Waals surface area contributed by atoms with Crippen molar-refractivity contribution >= 4 is 16.0 Å². The maximum absolute atomic E-state index is 12.8. The van der Waals surface area contributed by atoms with E-state index in [1.807, 2.05) is 0 Å². The van der Waals surface area contributed by atoms with E-state index in [0.717, 1.165) is 0 Å². The molecule has 0 unspecified atom stereocenters. The van der Waals surface area contributed by atoms with E-state index in [-0.39, 0.29) is 10.3 Å². The second kappa shape index (κ2) is 6.34. The molecule has 2 heterocycles. The Labute approximate surface area is 141 Å². The highest BCUT2D eigenvalue weighted by atomic mass is 32.2. The number of piperidine rings is 1. The van der Waals surface area contributed by atoms with E-state index < -0.39 is 22.0 Å². The van der Waals surface area contributed by atoms with Crippen LogP contribution in [0, 0.1) is 5.41 Å². The predicted octanol–water partition coefficient (Wildman–Crippen LogP) is 0.913. The lowest BCUT2D eigenvalue weighted by molar-refractivity contribution is -0.139. The minimum Gasteiger partial charge on any atom is -0.497 e. The Balaban J connectivity index is 1.71.